The maximum atomic E-state index is 13.4. The standard InChI is InChI=1S/C23H16F2N4O/c24-17-7-9-19(10-8-17)27-23(30)16-4-2-6-20(14-16)26-22-12-11-21(28-29-22)15-3-1-5-18(25)13-15/h1-14H,(H,26,29)(H,27,30). The second-order valence-electron chi connectivity index (χ2n) is 6.48. The first-order valence-electron chi connectivity index (χ1n) is 9.10. The Hall–Kier alpha value is -4.13. The summed E-state index contributed by atoms with van der Waals surface area (Å²) in [6.45, 7) is 0. The van der Waals surface area contributed by atoms with Gasteiger partial charge in [0.05, 0.1) is 5.69 Å². The van der Waals surface area contributed by atoms with Crippen LogP contribution in [0.3, 0.4) is 0 Å². The van der Waals surface area contributed by atoms with Gasteiger partial charge in [-0.1, -0.05) is 18.2 Å². The molecule has 0 bridgehead atoms. The summed E-state index contributed by atoms with van der Waals surface area (Å²) in [7, 11) is 0. The second kappa shape index (κ2) is 8.48. The minimum Gasteiger partial charge on any atom is -0.339 e. The van der Waals surface area contributed by atoms with Crippen molar-refractivity contribution in [2.75, 3.05) is 10.6 Å². The number of amides is 1. The summed E-state index contributed by atoms with van der Waals surface area (Å²) in [6.07, 6.45) is 0. The number of halogens is 2. The first kappa shape index (κ1) is 19.2. The molecule has 0 aliphatic heterocycles. The van der Waals surface area contributed by atoms with Crippen LogP contribution < -0.4 is 10.6 Å². The maximum absolute atomic E-state index is 13.4. The molecule has 0 spiro atoms. The average Bonchev–Trinajstić information content (AvgIpc) is 2.76. The van der Waals surface area contributed by atoms with E-state index >= 15 is 0 Å². The predicted molar refractivity (Wildman–Crippen MR) is 112 cm³/mol. The van der Waals surface area contributed by atoms with E-state index in [1.165, 1.54) is 36.4 Å². The molecular formula is C23H16F2N4O. The highest BCUT2D eigenvalue weighted by molar-refractivity contribution is 6.04. The first-order chi connectivity index (χ1) is 14.6. The molecule has 1 aromatic heterocycles. The SMILES string of the molecule is O=C(Nc1ccc(F)cc1)c1cccc(Nc2ccc(-c3cccc(F)c3)nn2)c1. The Labute approximate surface area is 171 Å². The van der Waals surface area contributed by atoms with Gasteiger partial charge in [-0.3, -0.25) is 4.79 Å². The fraction of sp³-hybridized carbons (Fsp3) is 0. The van der Waals surface area contributed by atoms with Gasteiger partial charge in [-0.25, -0.2) is 8.78 Å². The molecule has 7 heteroatoms. The summed E-state index contributed by atoms with van der Waals surface area (Å²) in [5.74, 6) is -0.556. The maximum Gasteiger partial charge on any atom is 0.255 e. The summed E-state index contributed by atoms with van der Waals surface area (Å²) >= 11 is 0. The topological polar surface area (TPSA) is 66.9 Å². The van der Waals surface area contributed by atoms with Crippen LogP contribution in [-0.4, -0.2) is 16.1 Å². The molecule has 0 saturated carbocycles. The minimum atomic E-state index is -0.372. The summed E-state index contributed by atoms with van der Waals surface area (Å²) in [6, 6.07) is 22.0. The number of rotatable bonds is 5. The van der Waals surface area contributed by atoms with Crippen LogP contribution >= 0.6 is 0 Å². The van der Waals surface area contributed by atoms with Crippen molar-refractivity contribution in [3.05, 3.63) is 102 Å². The van der Waals surface area contributed by atoms with Crippen LogP contribution in [-0.2, 0) is 0 Å². The van der Waals surface area contributed by atoms with Crippen molar-refractivity contribution in [1.29, 1.82) is 0 Å². The monoisotopic (exact) mass is 402 g/mol. The van der Waals surface area contributed by atoms with Crippen LogP contribution in [0.5, 0.6) is 0 Å². The normalized spacial score (nSPS) is 10.5. The smallest absolute Gasteiger partial charge is 0.255 e. The van der Waals surface area contributed by atoms with E-state index in [1.807, 2.05) is 0 Å². The van der Waals surface area contributed by atoms with E-state index in [1.54, 1.807) is 48.5 Å². The lowest BCUT2D eigenvalue weighted by Gasteiger charge is -2.09. The third kappa shape index (κ3) is 4.64. The molecular weight excluding hydrogens is 386 g/mol. The molecule has 2 N–H and O–H groups in total. The molecule has 0 fully saturated rings. The van der Waals surface area contributed by atoms with Gasteiger partial charge in [-0.05, 0) is 66.7 Å². The van der Waals surface area contributed by atoms with Crippen molar-refractivity contribution in [1.82, 2.24) is 10.2 Å². The van der Waals surface area contributed by atoms with Gasteiger partial charge in [0.15, 0.2) is 5.82 Å². The van der Waals surface area contributed by atoms with Gasteiger partial charge < -0.3 is 10.6 Å². The quantitative estimate of drug-likeness (QED) is 0.468. The zero-order valence-corrected chi connectivity index (χ0v) is 15.6. The lowest BCUT2D eigenvalue weighted by molar-refractivity contribution is 0.102. The largest absolute Gasteiger partial charge is 0.339 e. The molecule has 1 amide bonds. The Morgan fingerprint density at radius 1 is 0.733 bits per heavy atom. The predicted octanol–water partition coefficient (Wildman–Crippen LogP) is 5.42. The lowest BCUT2D eigenvalue weighted by atomic mass is 10.1. The average molecular weight is 402 g/mol. The molecule has 30 heavy (non-hydrogen) atoms. The fourth-order valence-electron chi connectivity index (χ4n) is 2.82. The van der Waals surface area contributed by atoms with Gasteiger partial charge in [0, 0.05) is 22.5 Å². The van der Waals surface area contributed by atoms with Gasteiger partial charge in [-0.2, -0.15) is 0 Å². The first-order valence-corrected chi connectivity index (χ1v) is 9.10. The molecule has 5 nitrogen and oxygen atoms in total. The number of carbonyl (C=O) groups is 1. The third-order valence-corrected chi connectivity index (χ3v) is 4.28. The number of carbonyl (C=O) groups excluding carboxylic acids is 1. The molecule has 0 aliphatic rings. The molecule has 3 aromatic carbocycles. The van der Waals surface area contributed by atoms with E-state index in [-0.39, 0.29) is 17.5 Å². The Morgan fingerprint density at radius 2 is 1.53 bits per heavy atom. The van der Waals surface area contributed by atoms with Crippen LogP contribution in [0.2, 0.25) is 0 Å². The summed E-state index contributed by atoms with van der Waals surface area (Å²) < 4.78 is 26.4. The molecule has 1 heterocycles. The molecule has 148 valence electrons. The van der Waals surface area contributed by atoms with Crippen molar-refractivity contribution in [2.45, 2.75) is 0 Å². The number of hydrogen-bond donors (Lipinski definition) is 2. The summed E-state index contributed by atoms with van der Waals surface area (Å²) in [5, 5.41) is 14.0. The Morgan fingerprint density at radius 3 is 2.27 bits per heavy atom. The van der Waals surface area contributed by atoms with E-state index in [0.717, 1.165) is 0 Å². The Balaban J connectivity index is 1.46. The van der Waals surface area contributed by atoms with Crippen molar-refractivity contribution in [3.8, 4) is 11.3 Å². The number of anilines is 3. The van der Waals surface area contributed by atoms with Crippen LogP contribution in [0.4, 0.5) is 26.0 Å². The number of aromatic nitrogens is 2. The molecule has 0 saturated heterocycles. The third-order valence-electron chi connectivity index (χ3n) is 4.28. The van der Waals surface area contributed by atoms with Crippen LogP contribution in [0.15, 0.2) is 84.9 Å². The Kier molecular flexibility index (Phi) is 5.43. The number of nitrogens with one attached hydrogen (secondary N) is 2. The second-order valence-corrected chi connectivity index (χ2v) is 6.48. The van der Waals surface area contributed by atoms with Crippen molar-refractivity contribution in [2.24, 2.45) is 0 Å². The minimum absolute atomic E-state index is 0.321. The van der Waals surface area contributed by atoms with Crippen molar-refractivity contribution in [3.63, 3.8) is 0 Å². The molecule has 0 atom stereocenters. The van der Waals surface area contributed by atoms with Gasteiger partial charge in [-0.15, -0.1) is 10.2 Å². The summed E-state index contributed by atoms with van der Waals surface area (Å²) in [4.78, 5) is 12.4. The number of hydrogen-bond acceptors (Lipinski definition) is 4. The number of benzene rings is 3. The van der Waals surface area contributed by atoms with Crippen LogP contribution in [0, 0.1) is 11.6 Å². The van der Waals surface area contributed by atoms with Gasteiger partial charge in [0.25, 0.3) is 5.91 Å². The van der Waals surface area contributed by atoms with Crippen LogP contribution in [0.25, 0.3) is 11.3 Å². The zero-order chi connectivity index (χ0) is 20.9. The van der Waals surface area contributed by atoms with Crippen molar-refractivity contribution < 1.29 is 13.6 Å². The van der Waals surface area contributed by atoms with E-state index in [2.05, 4.69) is 20.8 Å². The van der Waals surface area contributed by atoms with Crippen molar-refractivity contribution >= 4 is 23.1 Å². The van der Waals surface area contributed by atoms with Gasteiger partial charge in [0.1, 0.15) is 11.6 Å². The van der Waals surface area contributed by atoms with E-state index in [4.69, 9.17) is 0 Å². The highest BCUT2D eigenvalue weighted by Gasteiger charge is 2.08. The van der Waals surface area contributed by atoms with E-state index < -0.39 is 0 Å². The number of nitrogens with zero attached hydrogens (tertiary/aromatic N) is 2. The highest BCUT2D eigenvalue weighted by Crippen LogP contribution is 2.21. The summed E-state index contributed by atoms with van der Waals surface area (Å²) in [5.41, 5.74) is 2.75. The van der Waals surface area contributed by atoms with E-state index in [9.17, 15) is 13.6 Å². The van der Waals surface area contributed by atoms with Gasteiger partial charge >= 0.3 is 0 Å². The van der Waals surface area contributed by atoms with Gasteiger partial charge in [0.2, 0.25) is 0 Å². The fourth-order valence-corrected chi connectivity index (χ4v) is 2.82. The molecule has 0 radical (unpaired) electrons. The molecule has 4 aromatic rings. The lowest BCUT2D eigenvalue weighted by Crippen LogP contribution is -2.12. The van der Waals surface area contributed by atoms with E-state index in [0.29, 0.717) is 34.0 Å². The highest BCUT2D eigenvalue weighted by atomic mass is 19.1. The molecule has 0 aliphatic carbocycles. The zero-order valence-electron chi connectivity index (χ0n) is 15.6. The molecule has 4 rings (SSSR count). The Bertz CT molecular complexity index is 1180. The van der Waals surface area contributed by atoms with Crippen LogP contribution in [0.1, 0.15) is 10.4 Å². The molecule has 0 unspecified atom stereocenters.